The van der Waals surface area contributed by atoms with E-state index in [-0.39, 0.29) is 6.29 Å². The summed E-state index contributed by atoms with van der Waals surface area (Å²) in [5.74, 6) is 0. The largest absolute Gasteiger partial charge is 0.351 e. The van der Waals surface area contributed by atoms with Gasteiger partial charge in [0.1, 0.15) is 0 Å². The summed E-state index contributed by atoms with van der Waals surface area (Å²) in [6.07, 6.45) is 1.28. The minimum absolute atomic E-state index is 0.389. The van der Waals surface area contributed by atoms with Crippen molar-refractivity contribution in [3.63, 3.8) is 0 Å². The highest BCUT2D eigenvalue weighted by molar-refractivity contribution is 5.69. The molecule has 0 spiro atoms. The van der Waals surface area contributed by atoms with Gasteiger partial charge in [0.15, 0.2) is 6.29 Å². The minimum Gasteiger partial charge on any atom is -0.351 e. The molecular formula is C13H19NO2. The van der Waals surface area contributed by atoms with Gasteiger partial charge in [-0.1, -0.05) is 17.7 Å². The zero-order chi connectivity index (χ0) is 12.1. The van der Waals surface area contributed by atoms with Gasteiger partial charge in [-0.25, -0.2) is 0 Å². The standard InChI is InChI=1S/C13H19NO2/c1-9-6-10(2)13(11(3)7-9)14-8-12(15-4)16-5/h6-8,12H,1-5H3/b14-8+. The first-order chi connectivity index (χ1) is 7.58. The Balaban J connectivity index is 2.97. The third-order valence-corrected chi connectivity index (χ3v) is 2.43. The van der Waals surface area contributed by atoms with E-state index >= 15 is 0 Å². The van der Waals surface area contributed by atoms with Crippen molar-refractivity contribution < 1.29 is 9.47 Å². The monoisotopic (exact) mass is 221 g/mol. The molecule has 0 aliphatic carbocycles. The number of rotatable bonds is 4. The third kappa shape index (κ3) is 3.15. The number of hydrogen-bond acceptors (Lipinski definition) is 3. The summed E-state index contributed by atoms with van der Waals surface area (Å²) < 4.78 is 10.1. The number of hydrogen-bond donors (Lipinski definition) is 0. The average molecular weight is 221 g/mol. The fraction of sp³-hybridized carbons (Fsp3) is 0.462. The normalized spacial score (nSPS) is 11.6. The van der Waals surface area contributed by atoms with Crippen molar-refractivity contribution in [2.75, 3.05) is 14.2 Å². The number of aryl methyl sites for hydroxylation is 3. The Bertz CT molecular complexity index is 359. The van der Waals surface area contributed by atoms with Crippen LogP contribution in [0.1, 0.15) is 16.7 Å². The molecule has 0 heterocycles. The molecule has 3 nitrogen and oxygen atoms in total. The highest BCUT2D eigenvalue weighted by Gasteiger charge is 2.04. The molecule has 0 atom stereocenters. The van der Waals surface area contributed by atoms with Crippen LogP contribution in [-0.4, -0.2) is 26.7 Å². The molecule has 3 heteroatoms. The topological polar surface area (TPSA) is 30.8 Å². The lowest BCUT2D eigenvalue weighted by Gasteiger charge is -2.09. The number of methoxy groups -OCH3 is 2. The highest BCUT2D eigenvalue weighted by Crippen LogP contribution is 2.24. The second-order valence-electron chi connectivity index (χ2n) is 3.87. The van der Waals surface area contributed by atoms with E-state index < -0.39 is 0 Å². The first-order valence-electron chi connectivity index (χ1n) is 5.26. The maximum Gasteiger partial charge on any atom is 0.193 e. The number of aliphatic imine (C=N–C) groups is 1. The first kappa shape index (κ1) is 12.9. The summed E-state index contributed by atoms with van der Waals surface area (Å²) in [4.78, 5) is 4.41. The Hall–Kier alpha value is -1.19. The van der Waals surface area contributed by atoms with E-state index in [2.05, 4.69) is 37.9 Å². The maximum absolute atomic E-state index is 5.05. The van der Waals surface area contributed by atoms with Crippen LogP contribution >= 0.6 is 0 Å². The van der Waals surface area contributed by atoms with Crippen molar-refractivity contribution in [2.45, 2.75) is 27.1 Å². The molecule has 1 rings (SSSR count). The van der Waals surface area contributed by atoms with Gasteiger partial charge in [0.25, 0.3) is 0 Å². The average Bonchev–Trinajstić information content (AvgIpc) is 2.22. The predicted octanol–water partition coefficient (Wildman–Crippen LogP) is 2.93. The molecule has 0 fully saturated rings. The van der Waals surface area contributed by atoms with E-state index in [1.165, 1.54) is 16.7 Å². The molecule has 0 saturated carbocycles. The number of ether oxygens (including phenoxy) is 2. The summed E-state index contributed by atoms with van der Waals surface area (Å²) in [6.45, 7) is 6.20. The second kappa shape index (κ2) is 5.77. The Labute approximate surface area is 97.1 Å². The van der Waals surface area contributed by atoms with Gasteiger partial charge in [-0.15, -0.1) is 0 Å². The van der Waals surface area contributed by atoms with Crippen LogP contribution in [0.2, 0.25) is 0 Å². The number of nitrogens with zero attached hydrogens (tertiary/aromatic N) is 1. The summed E-state index contributed by atoms with van der Waals surface area (Å²) in [7, 11) is 3.18. The van der Waals surface area contributed by atoms with Gasteiger partial charge >= 0.3 is 0 Å². The fourth-order valence-electron chi connectivity index (χ4n) is 1.73. The van der Waals surface area contributed by atoms with E-state index in [0.29, 0.717) is 0 Å². The summed E-state index contributed by atoms with van der Waals surface area (Å²) in [5.41, 5.74) is 4.58. The van der Waals surface area contributed by atoms with Gasteiger partial charge < -0.3 is 9.47 Å². The minimum atomic E-state index is -0.389. The summed E-state index contributed by atoms with van der Waals surface area (Å²) in [6, 6.07) is 4.24. The van der Waals surface area contributed by atoms with Crippen LogP contribution in [0.25, 0.3) is 0 Å². The van der Waals surface area contributed by atoms with Gasteiger partial charge in [0.05, 0.1) is 11.9 Å². The van der Waals surface area contributed by atoms with E-state index in [9.17, 15) is 0 Å². The molecule has 0 aliphatic rings. The molecule has 0 unspecified atom stereocenters. The van der Waals surface area contributed by atoms with Gasteiger partial charge in [0, 0.05) is 14.2 Å². The zero-order valence-electron chi connectivity index (χ0n) is 10.6. The molecular weight excluding hydrogens is 202 g/mol. The van der Waals surface area contributed by atoms with Crippen molar-refractivity contribution >= 4 is 11.9 Å². The van der Waals surface area contributed by atoms with Crippen molar-refractivity contribution in [1.29, 1.82) is 0 Å². The molecule has 0 aromatic heterocycles. The van der Waals surface area contributed by atoms with Crippen LogP contribution in [0.3, 0.4) is 0 Å². The Morgan fingerprint density at radius 2 is 1.56 bits per heavy atom. The SMILES string of the molecule is COC(/C=N/c1c(C)cc(C)cc1C)OC. The maximum atomic E-state index is 5.05. The molecule has 88 valence electrons. The highest BCUT2D eigenvalue weighted by atomic mass is 16.7. The molecule has 0 radical (unpaired) electrons. The second-order valence-corrected chi connectivity index (χ2v) is 3.87. The predicted molar refractivity (Wildman–Crippen MR) is 66.6 cm³/mol. The van der Waals surface area contributed by atoms with Crippen LogP contribution in [-0.2, 0) is 9.47 Å². The molecule has 0 bridgehead atoms. The lowest BCUT2D eigenvalue weighted by atomic mass is 10.1. The Morgan fingerprint density at radius 1 is 1.06 bits per heavy atom. The van der Waals surface area contributed by atoms with E-state index in [1.807, 2.05) is 0 Å². The van der Waals surface area contributed by atoms with Crippen LogP contribution in [0, 0.1) is 20.8 Å². The quantitative estimate of drug-likeness (QED) is 0.578. The third-order valence-electron chi connectivity index (χ3n) is 2.43. The van der Waals surface area contributed by atoms with Gasteiger partial charge in [-0.05, 0) is 31.9 Å². The molecule has 0 amide bonds. The van der Waals surface area contributed by atoms with Crippen LogP contribution in [0.5, 0.6) is 0 Å². The van der Waals surface area contributed by atoms with Crippen molar-refractivity contribution in [1.82, 2.24) is 0 Å². The van der Waals surface area contributed by atoms with Crippen LogP contribution < -0.4 is 0 Å². The van der Waals surface area contributed by atoms with Gasteiger partial charge in [0.2, 0.25) is 0 Å². The summed E-state index contributed by atoms with van der Waals surface area (Å²) in [5, 5.41) is 0. The Kier molecular flexibility index (Phi) is 4.65. The molecule has 0 saturated heterocycles. The fourth-order valence-corrected chi connectivity index (χ4v) is 1.73. The van der Waals surface area contributed by atoms with Crippen molar-refractivity contribution in [3.8, 4) is 0 Å². The molecule has 1 aromatic carbocycles. The lowest BCUT2D eigenvalue weighted by molar-refractivity contribution is -0.0483. The van der Waals surface area contributed by atoms with Gasteiger partial charge in [-0.2, -0.15) is 0 Å². The van der Waals surface area contributed by atoms with Gasteiger partial charge in [-0.3, -0.25) is 4.99 Å². The van der Waals surface area contributed by atoms with E-state index in [1.54, 1.807) is 20.4 Å². The molecule has 0 N–H and O–H groups in total. The van der Waals surface area contributed by atoms with Crippen LogP contribution in [0.15, 0.2) is 17.1 Å². The zero-order valence-corrected chi connectivity index (χ0v) is 10.6. The summed E-state index contributed by atoms with van der Waals surface area (Å²) >= 11 is 0. The first-order valence-corrected chi connectivity index (χ1v) is 5.26. The Morgan fingerprint density at radius 3 is 2.00 bits per heavy atom. The smallest absolute Gasteiger partial charge is 0.193 e. The van der Waals surface area contributed by atoms with Crippen molar-refractivity contribution in [2.24, 2.45) is 4.99 Å². The van der Waals surface area contributed by atoms with E-state index in [0.717, 1.165) is 5.69 Å². The molecule has 1 aromatic rings. The number of benzene rings is 1. The lowest BCUT2D eigenvalue weighted by Crippen LogP contribution is -2.13. The molecule has 16 heavy (non-hydrogen) atoms. The van der Waals surface area contributed by atoms with Crippen molar-refractivity contribution in [3.05, 3.63) is 28.8 Å². The van der Waals surface area contributed by atoms with E-state index in [4.69, 9.17) is 9.47 Å². The van der Waals surface area contributed by atoms with Crippen LogP contribution in [0.4, 0.5) is 5.69 Å². The molecule has 0 aliphatic heterocycles.